The Morgan fingerprint density at radius 1 is 0.310 bits per heavy atom. The van der Waals surface area contributed by atoms with Crippen molar-refractivity contribution in [1.29, 1.82) is 0 Å². The highest BCUT2D eigenvalue weighted by Crippen LogP contribution is 2.43. The van der Waals surface area contributed by atoms with Crippen LogP contribution in [0.4, 0.5) is 0 Å². The number of quaternary nitrogens is 1. The van der Waals surface area contributed by atoms with E-state index in [1.807, 2.05) is 21.1 Å². The van der Waals surface area contributed by atoms with Gasteiger partial charge in [0.15, 0.2) is 6.10 Å². The Hall–Kier alpha value is -4.89. The van der Waals surface area contributed by atoms with Crippen molar-refractivity contribution < 1.29 is 42.1 Å². The number of nitrogens with zero attached hydrogens (tertiary/aromatic N) is 1. The molecule has 0 bridgehead atoms. The van der Waals surface area contributed by atoms with Gasteiger partial charge in [-0.05, 0) is 135 Å². The van der Waals surface area contributed by atoms with E-state index in [-0.39, 0.29) is 32.0 Å². The van der Waals surface area contributed by atoms with Gasteiger partial charge in [0.2, 0.25) is 0 Å². The molecule has 10 heteroatoms. The first-order chi connectivity index (χ1) is 49.0. The lowest BCUT2D eigenvalue weighted by atomic mass is 10.0. The fourth-order valence-corrected chi connectivity index (χ4v) is 11.6. The zero-order valence-electron chi connectivity index (χ0n) is 64.9. The molecule has 0 spiro atoms. The Labute approximate surface area is 616 Å². The van der Waals surface area contributed by atoms with Crippen LogP contribution in [-0.4, -0.2) is 74.9 Å². The van der Waals surface area contributed by atoms with E-state index in [4.69, 9.17) is 18.5 Å². The number of phosphoric ester groups is 1. The number of carbonyl (C=O) groups is 2. The highest BCUT2D eigenvalue weighted by molar-refractivity contribution is 7.47. The third-order valence-corrected chi connectivity index (χ3v) is 17.9. The first-order valence-corrected chi connectivity index (χ1v) is 42.0. The number of ether oxygens (including phenoxy) is 2. The second-order valence-corrected chi connectivity index (χ2v) is 29.1. The molecule has 0 saturated heterocycles. The van der Waals surface area contributed by atoms with E-state index in [2.05, 4.69) is 196 Å². The Morgan fingerprint density at radius 3 is 0.800 bits per heavy atom. The number of allylic oxidation sites excluding steroid dienone is 30. The summed E-state index contributed by atoms with van der Waals surface area (Å²) in [6.07, 6.45) is 120. The monoisotopic (exact) mass is 1410 g/mol. The van der Waals surface area contributed by atoms with E-state index in [1.165, 1.54) is 154 Å². The molecule has 0 aliphatic carbocycles. The molecule has 0 aromatic carbocycles. The van der Waals surface area contributed by atoms with Gasteiger partial charge in [-0.1, -0.05) is 357 Å². The smallest absolute Gasteiger partial charge is 0.462 e. The van der Waals surface area contributed by atoms with Crippen molar-refractivity contribution >= 4 is 19.8 Å². The highest BCUT2D eigenvalue weighted by Gasteiger charge is 2.27. The fraction of sp³-hybridized carbons (Fsp3) is 0.644. The number of likely N-dealkylation sites (N-methyl/N-ethyl adjacent to an activating group) is 1. The zero-order chi connectivity index (χ0) is 72.5. The molecule has 0 rings (SSSR count). The summed E-state index contributed by atoms with van der Waals surface area (Å²) in [5.74, 6) is -0.798. The first kappa shape index (κ1) is 95.1. The number of rotatable bonds is 73. The van der Waals surface area contributed by atoms with Gasteiger partial charge in [0.05, 0.1) is 27.7 Å². The van der Waals surface area contributed by atoms with Crippen LogP contribution in [0.1, 0.15) is 322 Å². The molecule has 0 aromatic rings. The predicted molar refractivity (Wildman–Crippen MR) is 436 cm³/mol. The fourth-order valence-electron chi connectivity index (χ4n) is 10.8. The van der Waals surface area contributed by atoms with Crippen molar-refractivity contribution in [3.63, 3.8) is 0 Å². The van der Waals surface area contributed by atoms with E-state index in [9.17, 15) is 19.0 Å². The van der Waals surface area contributed by atoms with Gasteiger partial charge in [-0.25, -0.2) is 4.57 Å². The van der Waals surface area contributed by atoms with Crippen LogP contribution in [0.3, 0.4) is 0 Å². The minimum Gasteiger partial charge on any atom is -0.462 e. The van der Waals surface area contributed by atoms with Crippen LogP contribution < -0.4 is 0 Å². The lowest BCUT2D eigenvalue weighted by Gasteiger charge is -2.24. The van der Waals surface area contributed by atoms with Gasteiger partial charge in [-0.2, -0.15) is 0 Å². The van der Waals surface area contributed by atoms with E-state index >= 15 is 0 Å². The van der Waals surface area contributed by atoms with Gasteiger partial charge in [0, 0.05) is 12.8 Å². The minimum atomic E-state index is -4.41. The van der Waals surface area contributed by atoms with Crippen molar-refractivity contribution in [3.8, 4) is 0 Å². The Bertz CT molecular complexity index is 2350. The SMILES string of the molecule is CC/C=C\C/C=C\C/C=C\C/C=C\C/C=C\C/C=C\C/C=C\C/C=C\CCCCCCCCCCCCCCCCC(=O)OC(COC(=O)CCCCCCCCCCCCCCCCC/C=C\C/C=C\C/C=C\C/C=C\C/C=C\C/C=C\C/C=C\CC)COP(=O)(O)OCC[N+](C)(C)C. The molecule has 0 aliphatic rings. The Balaban J connectivity index is 4.01. The zero-order valence-corrected chi connectivity index (χ0v) is 65.8. The molecular weight excluding hydrogens is 1250 g/mol. The van der Waals surface area contributed by atoms with Gasteiger partial charge >= 0.3 is 19.8 Å². The van der Waals surface area contributed by atoms with Crippen molar-refractivity contribution in [3.05, 3.63) is 182 Å². The summed E-state index contributed by atoms with van der Waals surface area (Å²) < 4.78 is 34.8. The number of hydrogen-bond acceptors (Lipinski definition) is 7. The van der Waals surface area contributed by atoms with Crippen molar-refractivity contribution in [2.75, 3.05) is 47.5 Å². The number of esters is 2. The number of unbranched alkanes of at least 4 members (excludes halogenated alkanes) is 29. The molecule has 0 saturated carbocycles. The van der Waals surface area contributed by atoms with Crippen LogP contribution in [0.5, 0.6) is 0 Å². The molecule has 0 radical (unpaired) electrons. The number of phosphoric acid groups is 1. The summed E-state index contributed by atoms with van der Waals surface area (Å²) in [4.78, 5) is 36.0. The second kappa shape index (κ2) is 78.3. The largest absolute Gasteiger partial charge is 0.472 e. The van der Waals surface area contributed by atoms with Gasteiger partial charge in [0.25, 0.3) is 0 Å². The molecule has 0 amide bonds. The average molecular weight is 1410 g/mol. The molecule has 0 aromatic heterocycles. The molecule has 9 nitrogen and oxygen atoms in total. The normalized spacial score (nSPS) is 14.0. The van der Waals surface area contributed by atoms with E-state index in [0.29, 0.717) is 17.4 Å². The summed E-state index contributed by atoms with van der Waals surface area (Å²) in [6.45, 7) is 4.22. The van der Waals surface area contributed by atoms with E-state index < -0.39 is 26.5 Å². The van der Waals surface area contributed by atoms with Gasteiger partial charge < -0.3 is 18.9 Å². The molecule has 0 fully saturated rings. The minimum absolute atomic E-state index is 0.0253. The molecular formula is C90H151NO8P+. The quantitative estimate of drug-likeness (QED) is 0.0211. The number of carbonyl (C=O) groups excluding carboxylic acids is 2. The summed E-state index contributed by atoms with van der Waals surface area (Å²) in [5.41, 5.74) is 0. The van der Waals surface area contributed by atoms with Crippen LogP contribution in [0.25, 0.3) is 0 Å². The Morgan fingerprint density at radius 2 is 0.540 bits per heavy atom. The third kappa shape index (κ3) is 82.1. The molecule has 0 aliphatic heterocycles. The number of hydrogen-bond donors (Lipinski definition) is 1. The van der Waals surface area contributed by atoms with Crippen LogP contribution in [-0.2, 0) is 32.7 Å². The second-order valence-electron chi connectivity index (χ2n) is 27.7. The molecule has 2 unspecified atom stereocenters. The summed E-state index contributed by atoms with van der Waals surface area (Å²) in [5, 5.41) is 0. The van der Waals surface area contributed by atoms with Gasteiger partial charge in [-0.3, -0.25) is 18.6 Å². The summed E-state index contributed by atoms with van der Waals surface area (Å²) in [7, 11) is 1.47. The standard InChI is InChI=1S/C90H150NO8P/c1-6-8-10-12-14-16-18-20-22-24-26-28-30-32-34-36-38-40-42-44-45-47-49-51-53-55-57-59-61-63-65-67-69-71-73-75-77-79-81-83-90(93)99-88(87-98-100(94,95)97-85-84-91(3,4)5)86-96-89(92)82-80-78-76-74-72-70-68-66-64-62-60-58-56-54-52-50-48-46-43-41-39-37-35-33-31-29-27-25-23-21-19-17-15-13-11-9-7-2/h8-11,14-17,20-23,26-29,32-35,38-41,44-46,48-49,51,88H,6-7,12-13,18-19,24-25,30-31,36-37,42-43,47,50,52-87H2,1-5H3/p+1/b10-8-,11-9-,16-14-,17-15-,22-20-,23-21-,28-26-,29-27-,34-32-,35-33-,40-38-,41-39-,45-44-,48-46-,51-49-. The highest BCUT2D eigenvalue weighted by atomic mass is 31.2. The average Bonchev–Trinajstić information content (AvgIpc) is 1.07. The maximum Gasteiger partial charge on any atom is 0.472 e. The lowest BCUT2D eigenvalue weighted by Crippen LogP contribution is -2.37. The van der Waals surface area contributed by atoms with E-state index in [1.54, 1.807) is 0 Å². The Kier molecular flexibility index (Phi) is 74.4. The van der Waals surface area contributed by atoms with Gasteiger partial charge in [0.1, 0.15) is 19.8 Å². The van der Waals surface area contributed by atoms with Crippen LogP contribution in [0, 0.1) is 0 Å². The maximum absolute atomic E-state index is 12.9. The van der Waals surface area contributed by atoms with E-state index in [0.717, 1.165) is 135 Å². The first-order valence-electron chi connectivity index (χ1n) is 40.5. The summed E-state index contributed by atoms with van der Waals surface area (Å²) >= 11 is 0. The van der Waals surface area contributed by atoms with Crippen molar-refractivity contribution in [1.82, 2.24) is 0 Å². The summed E-state index contributed by atoms with van der Waals surface area (Å²) in [6, 6.07) is 0. The molecule has 0 heterocycles. The van der Waals surface area contributed by atoms with Crippen molar-refractivity contribution in [2.24, 2.45) is 0 Å². The molecule has 568 valence electrons. The molecule has 100 heavy (non-hydrogen) atoms. The van der Waals surface area contributed by atoms with Crippen LogP contribution in [0.2, 0.25) is 0 Å². The molecule has 2 atom stereocenters. The third-order valence-electron chi connectivity index (χ3n) is 16.9. The van der Waals surface area contributed by atoms with Crippen LogP contribution in [0.15, 0.2) is 182 Å². The maximum atomic E-state index is 12.9. The predicted octanol–water partition coefficient (Wildman–Crippen LogP) is 27.4. The van der Waals surface area contributed by atoms with Crippen LogP contribution >= 0.6 is 7.82 Å². The molecule has 1 N–H and O–H groups in total. The lowest BCUT2D eigenvalue weighted by molar-refractivity contribution is -0.870. The topological polar surface area (TPSA) is 108 Å². The van der Waals surface area contributed by atoms with Crippen molar-refractivity contribution in [2.45, 2.75) is 328 Å². The van der Waals surface area contributed by atoms with Gasteiger partial charge in [-0.15, -0.1) is 0 Å².